The van der Waals surface area contributed by atoms with E-state index in [4.69, 9.17) is 4.52 Å². The van der Waals surface area contributed by atoms with E-state index in [0.717, 1.165) is 63.2 Å². The number of carbonyl (C=O) groups is 1. The Kier molecular flexibility index (Phi) is 4.27. The summed E-state index contributed by atoms with van der Waals surface area (Å²) in [6.07, 6.45) is 6.27. The van der Waals surface area contributed by atoms with Gasteiger partial charge < -0.3 is 9.84 Å². The number of aryl methyl sites for hydroxylation is 2. The molecule has 1 spiro atoms. The molecule has 2 aromatic rings. The number of aromatic nitrogens is 2. The highest BCUT2D eigenvalue weighted by atomic mass is 16.5. The van der Waals surface area contributed by atoms with E-state index in [1.54, 1.807) is 0 Å². The molecule has 0 bridgehead atoms. The first-order valence-electron chi connectivity index (χ1n) is 10.5. The summed E-state index contributed by atoms with van der Waals surface area (Å²) in [7, 11) is 0. The fourth-order valence-corrected chi connectivity index (χ4v) is 5.52. The Balaban J connectivity index is 1.29. The van der Waals surface area contributed by atoms with Gasteiger partial charge in [-0.05, 0) is 76.1 Å². The van der Waals surface area contributed by atoms with Crippen LogP contribution in [0, 0.1) is 13.8 Å². The van der Waals surface area contributed by atoms with Gasteiger partial charge in [0.05, 0.1) is 11.3 Å². The number of nitrogens with zero attached hydrogens (tertiary/aromatic N) is 3. The number of likely N-dealkylation sites (tertiary alicyclic amines) is 1. The predicted molar refractivity (Wildman–Crippen MR) is 106 cm³/mol. The highest BCUT2D eigenvalue weighted by Gasteiger charge is 2.49. The molecular weight excluding hydrogens is 352 g/mol. The van der Waals surface area contributed by atoms with Crippen LogP contribution in [0.4, 0.5) is 5.69 Å². The van der Waals surface area contributed by atoms with Crippen molar-refractivity contribution >= 4 is 11.6 Å². The molecule has 1 amide bonds. The van der Waals surface area contributed by atoms with Crippen molar-refractivity contribution in [3.8, 4) is 0 Å². The first-order chi connectivity index (χ1) is 13.5. The SMILES string of the molecule is Cc1ccc2c(c1)NC(=O)C21CCC(N2CCC[C@@H](c3nc(C)no3)C2)CC1. The Labute approximate surface area is 165 Å². The van der Waals surface area contributed by atoms with Crippen LogP contribution in [-0.2, 0) is 10.2 Å². The Morgan fingerprint density at radius 1 is 1.21 bits per heavy atom. The smallest absolute Gasteiger partial charge is 0.235 e. The molecule has 1 aromatic heterocycles. The Morgan fingerprint density at radius 3 is 2.79 bits per heavy atom. The van der Waals surface area contributed by atoms with Gasteiger partial charge in [0.1, 0.15) is 0 Å². The van der Waals surface area contributed by atoms with Crippen LogP contribution in [0.25, 0.3) is 0 Å². The second-order valence-corrected chi connectivity index (χ2v) is 8.83. The van der Waals surface area contributed by atoms with Crippen molar-refractivity contribution < 1.29 is 9.32 Å². The largest absolute Gasteiger partial charge is 0.339 e. The van der Waals surface area contributed by atoms with Gasteiger partial charge >= 0.3 is 0 Å². The van der Waals surface area contributed by atoms with Gasteiger partial charge in [-0.1, -0.05) is 17.3 Å². The Bertz CT molecular complexity index is 898. The molecule has 28 heavy (non-hydrogen) atoms. The number of piperidine rings is 1. The number of anilines is 1. The minimum Gasteiger partial charge on any atom is -0.339 e. The Hall–Kier alpha value is -2.21. The molecule has 1 saturated carbocycles. The zero-order valence-corrected chi connectivity index (χ0v) is 16.7. The molecule has 3 heterocycles. The third-order valence-electron chi connectivity index (χ3n) is 7.04. The molecule has 1 atom stereocenters. The molecule has 148 valence electrons. The lowest BCUT2D eigenvalue weighted by atomic mass is 9.68. The van der Waals surface area contributed by atoms with Crippen molar-refractivity contribution in [1.29, 1.82) is 0 Å². The normalized spacial score (nSPS) is 30.4. The summed E-state index contributed by atoms with van der Waals surface area (Å²) in [6.45, 7) is 6.07. The summed E-state index contributed by atoms with van der Waals surface area (Å²) in [4.78, 5) is 19.9. The van der Waals surface area contributed by atoms with Crippen LogP contribution in [0.1, 0.15) is 67.3 Å². The van der Waals surface area contributed by atoms with Gasteiger partial charge in [-0.25, -0.2) is 0 Å². The van der Waals surface area contributed by atoms with Crippen molar-refractivity contribution in [2.24, 2.45) is 0 Å². The van der Waals surface area contributed by atoms with Crippen LogP contribution >= 0.6 is 0 Å². The molecule has 6 nitrogen and oxygen atoms in total. The lowest BCUT2D eigenvalue weighted by Crippen LogP contribution is -2.48. The molecule has 1 N–H and O–H groups in total. The number of amides is 1. The highest BCUT2D eigenvalue weighted by Crippen LogP contribution is 2.48. The number of hydrogen-bond acceptors (Lipinski definition) is 5. The maximum absolute atomic E-state index is 12.9. The maximum Gasteiger partial charge on any atom is 0.235 e. The quantitative estimate of drug-likeness (QED) is 0.860. The van der Waals surface area contributed by atoms with Gasteiger partial charge in [-0.2, -0.15) is 4.98 Å². The van der Waals surface area contributed by atoms with Crippen LogP contribution in [0.15, 0.2) is 22.7 Å². The van der Waals surface area contributed by atoms with Gasteiger partial charge in [0, 0.05) is 18.3 Å². The van der Waals surface area contributed by atoms with Crippen LogP contribution < -0.4 is 5.32 Å². The van der Waals surface area contributed by atoms with Crippen molar-refractivity contribution in [2.75, 3.05) is 18.4 Å². The molecule has 0 unspecified atom stereocenters. The van der Waals surface area contributed by atoms with Gasteiger partial charge in [0.15, 0.2) is 5.82 Å². The van der Waals surface area contributed by atoms with Crippen LogP contribution in [0.3, 0.4) is 0 Å². The number of rotatable bonds is 2. The van der Waals surface area contributed by atoms with Crippen LogP contribution in [0.5, 0.6) is 0 Å². The maximum atomic E-state index is 12.9. The third-order valence-corrected chi connectivity index (χ3v) is 7.04. The van der Waals surface area contributed by atoms with Crippen molar-refractivity contribution in [2.45, 2.75) is 69.7 Å². The summed E-state index contributed by atoms with van der Waals surface area (Å²) in [5, 5.41) is 7.11. The second kappa shape index (κ2) is 6.69. The molecule has 2 fully saturated rings. The first-order valence-corrected chi connectivity index (χ1v) is 10.5. The standard InChI is InChI=1S/C22H28N4O2/c1-14-5-6-18-19(12-14)24-21(27)22(18)9-7-17(8-10-22)26-11-3-4-16(13-26)20-23-15(2)25-28-20/h5-6,12,16-17H,3-4,7-11,13H2,1-2H3,(H,24,27)/t16-,17?,22?/m1/s1. The molecule has 0 radical (unpaired) electrons. The van der Waals surface area contributed by atoms with Crippen molar-refractivity contribution in [3.05, 3.63) is 41.0 Å². The summed E-state index contributed by atoms with van der Waals surface area (Å²) >= 11 is 0. The molecule has 1 aliphatic carbocycles. The van der Waals surface area contributed by atoms with Gasteiger partial charge in [-0.15, -0.1) is 0 Å². The third kappa shape index (κ3) is 2.85. The minimum atomic E-state index is -0.321. The number of carbonyl (C=O) groups excluding carboxylic acids is 1. The van der Waals surface area contributed by atoms with E-state index in [9.17, 15) is 4.79 Å². The molecule has 1 aromatic carbocycles. The van der Waals surface area contributed by atoms with E-state index in [0.29, 0.717) is 17.8 Å². The average Bonchev–Trinajstić information content (AvgIpc) is 3.24. The topological polar surface area (TPSA) is 71.3 Å². The number of nitrogens with one attached hydrogen (secondary N) is 1. The lowest BCUT2D eigenvalue weighted by Gasteiger charge is -2.43. The minimum absolute atomic E-state index is 0.199. The number of fused-ring (bicyclic) bond motifs is 2. The van der Waals surface area contributed by atoms with Crippen LogP contribution in [-0.4, -0.2) is 40.1 Å². The second-order valence-electron chi connectivity index (χ2n) is 8.83. The zero-order chi connectivity index (χ0) is 19.3. The summed E-state index contributed by atoms with van der Waals surface area (Å²) in [5.74, 6) is 2.04. The van der Waals surface area contributed by atoms with E-state index >= 15 is 0 Å². The molecule has 5 rings (SSSR count). The molecule has 1 saturated heterocycles. The monoisotopic (exact) mass is 380 g/mol. The number of hydrogen-bond donors (Lipinski definition) is 1. The van der Waals surface area contributed by atoms with Gasteiger partial charge in [0.25, 0.3) is 0 Å². The fourth-order valence-electron chi connectivity index (χ4n) is 5.52. The molecular formula is C22H28N4O2. The van der Waals surface area contributed by atoms with E-state index in [1.807, 2.05) is 6.92 Å². The van der Waals surface area contributed by atoms with E-state index in [1.165, 1.54) is 11.1 Å². The molecule has 3 aliphatic rings. The summed E-state index contributed by atoms with van der Waals surface area (Å²) in [5.41, 5.74) is 3.10. The molecule has 2 aliphatic heterocycles. The fraction of sp³-hybridized carbons (Fsp3) is 0.591. The highest BCUT2D eigenvalue weighted by molar-refractivity contribution is 6.06. The van der Waals surface area contributed by atoms with Crippen LogP contribution in [0.2, 0.25) is 0 Å². The van der Waals surface area contributed by atoms with E-state index in [-0.39, 0.29) is 11.3 Å². The number of benzene rings is 1. The van der Waals surface area contributed by atoms with Crippen molar-refractivity contribution in [3.63, 3.8) is 0 Å². The van der Waals surface area contributed by atoms with Crippen molar-refractivity contribution in [1.82, 2.24) is 15.0 Å². The Morgan fingerprint density at radius 2 is 2.04 bits per heavy atom. The van der Waals surface area contributed by atoms with Gasteiger partial charge in [0.2, 0.25) is 11.8 Å². The van der Waals surface area contributed by atoms with Gasteiger partial charge in [-0.3, -0.25) is 9.69 Å². The predicted octanol–water partition coefficient (Wildman–Crippen LogP) is 3.70. The molecule has 6 heteroatoms. The summed E-state index contributed by atoms with van der Waals surface area (Å²) < 4.78 is 5.44. The van der Waals surface area contributed by atoms with E-state index < -0.39 is 0 Å². The average molecular weight is 380 g/mol. The first kappa shape index (κ1) is 17.9. The zero-order valence-electron chi connectivity index (χ0n) is 16.7. The van der Waals surface area contributed by atoms with E-state index in [2.05, 4.69) is 45.5 Å². The lowest BCUT2D eigenvalue weighted by molar-refractivity contribution is -0.122. The summed E-state index contributed by atoms with van der Waals surface area (Å²) in [6, 6.07) is 6.95.